The standard InChI is InChI=1S/C16H20N2O2S/c1-5-20-16(19)12-8(2)13(17-9(12)3)14-10(4)21-15(18-14)11-6-7-11/h11,17H,5-7H2,1-4H3. The first-order valence-corrected chi connectivity index (χ1v) is 8.18. The van der Waals surface area contributed by atoms with Crippen LogP contribution in [-0.2, 0) is 4.74 Å². The number of aromatic nitrogens is 2. The van der Waals surface area contributed by atoms with Crippen molar-refractivity contribution in [3.05, 3.63) is 26.7 Å². The van der Waals surface area contributed by atoms with Crippen LogP contribution in [0.3, 0.4) is 0 Å². The summed E-state index contributed by atoms with van der Waals surface area (Å²) in [6, 6.07) is 0. The quantitative estimate of drug-likeness (QED) is 0.865. The van der Waals surface area contributed by atoms with Gasteiger partial charge in [-0.05, 0) is 46.1 Å². The number of nitrogens with zero attached hydrogens (tertiary/aromatic N) is 1. The van der Waals surface area contributed by atoms with Gasteiger partial charge in [0.25, 0.3) is 0 Å². The number of hydrogen-bond donors (Lipinski definition) is 1. The third-order valence-corrected chi connectivity index (χ3v) is 5.03. The maximum atomic E-state index is 12.1. The van der Waals surface area contributed by atoms with E-state index in [2.05, 4.69) is 11.9 Å². The molecule has 2 aromatic rings. The average molecular weight is 304 g/mol. The first-order valence-electron chi connectivity index (χ1n) is 7.36. The number of aromatic amines is 1. The molecule has 3 rings (SSSR count). The molecule has 0 atom stereocenters. The van der Waals surface area contributed by atoms with Crippen molar-refractivity contribution in [2.45, 2.75) is 46.5 Å². The van der Waals surface area contributed by atoms with E-state index in [1.54, 1.807) is 11.3 Å². The van der Waals surface area contributed by atoms with Crippen LogP contribution in [-0.4, -0.2) is 22.5 Å². The van der Waals surface area contributed by atoms with Crippen LogP contribution in [0.25, 0.3) is 11.4 Å². The minimum atomic E-state index is -0.259. The number of esters is 1. The summed E-state index contributed by atoms with van der Waals surface area (Å²) in [7, 11) is 0. The Morgan fingerprint density at radius 2 is 2.10 bits per heavy atom. The normalized spacial score (nSPS) is 14.5. The maximum absolute atomic E-state index is 12.1. The lowest BCUT2D eigenvalue weighted by molar-refractivity contribution is 0.0525. The summed E-state index contributed by atoms with van der Waals surface area (Å²) in [6.45, 7) is 8.17. The maximum Gasteiger partial charge on any atom is 0.340 e. The van der Waals surface area contributed by atoms with E-state index in [9.17, 15) is 4.79 Å². The van der Waals surface area contributed by atoms with E-state index in [1.165, 1.54) is 22.7 Å². The van der Waals surface area contributed by atoms with Crippen molar-refractivity contribution in [2.75, 3.05) is 6.61 Å². The second-order valence-corrected chi connectivity index (χ2v) is 6.81. The van der Waals surface area contributed by atoms with Crippen LogP contribution < -0.4 is 0 Å². The monoisotopic (exact) mass is 304 g/mol. The number of aryl methyl sites for hydroxylation is 2. The molecule has 1 saturated carbocycles. The molecule has 0 amide bonds. The van der Waals surface area contributed by atoms with Crippen molar-refractivity contribution in [3.63, 3.8) is 0 Å². The first-order chi connectivity index (χ1) is 10.0. The highest BCUT2D eigenvalue weighted by molar-refractivity contribution is 7.12. The Kier molecular flexibility index (Phi) is 3.61. The van der Waals surface area contributed by atoms with E-state index < -0.39 is 0 Å². The molecule has 1 fully saturated rings. The first kappa shape index (κ1) is 14.3. The fourth-order valence-corrected chi connectivity index (χ4v) is 3.75. The third kappa shape index (κ3) is 2.50. The SMILES string of the molecule is CCOC(=O)c1c(C)[nH]c(-c2nc(C3CC3)sc2C)c1C. The summed E-state index contributed by atoms with van der Waals surface area (Å²) in [5.74, 6) is 0.397. The summed E-state index contributed by atoms with van der Waals surface area (Å²) < 4.78 is 5.15. The number of carbonyl (C=O) groups is 1. The summed E-state index contributed by atoms with van der Waals surface area (Å²) in [6.07, 6.45) is 2.51. The highest BCUT2D eigenvalue weighted by Crippen LogP contribution is 2.44. The van der Waals surface area contributed by atoms with E-state index in [1.807, 2.05) is 20.8 Å². The van der Waals surface area contributed by atoms with Gasteiger partial charge in [0.15, 0.2) is 0 Å². The molecular weight excluding hydrogens is 284 g/mol. The second kappa shape index (κ2) is 5.30. The largest absolute Gasteiger partial charge is 0.462 e. The summed E-state index contributed by atoms with van der Waals surface area (Å²) in [5.41, 5.74) is 4.37. The van der Waals surface area contributed by atoms with E-state index in [4.69, 9.17) is 9.72 Å². The van der Waals surface area contributed by atoms with Crippen LogP contribution in [0.2, 0.25) is 0 Å². The Hall–Kier alpha value is -1.62. The van der Waals surface area contributed by atoms with E-state index in [0.29, 0.717) is 18.1 Å². The Balaban J connectivity index is 2.03. The molecule has 1 N–H and O–H groups in total. The molecule has 21 heavy (non-hydrogen) atoms. The van der Waals surface area contributed by atoms with Gasteiger partial charge in [0.05, 0.1) is 22.9 Å². The van der Waals surface area contributed by atoms with Crippen molar-refractivity contribution in [1.29, 1.82) is 0 Å². The zero-order valence-corrected chi connectivity index (χ0v) is 13.7. The smallest absolute Gasteiger partial charge is 0.340 e. The molecular formula is C16H20N2O2S. The molecule has 0 bridgehead atoms. The number of thiazole rings is 1. The molecule has 0 saturated heterocycles. The number of rotatable bonds is 4. The molecule has 0 spiro atoms. The summed E-state index contributed by atoms with van der Waals surface area (Å²) in [4.78, 5) is 21.4. The second-order valence-electron chi connectivity index (χ2n) is 5.58. The van der Waals surface area contributed by atoms with Crippen molar-refractivity contribution >= 4 is 17.3 Å². The molecule has 0 aliphatic heterocycles. The summed E-state index contributed by atoms with van der Waals surface area (Å²) in [5, 5.41) is 1.23. The van der Waals surface area contributed by atoms with Gasteiger partial charge in [0.1, 0.15) is 5.69 Å². The fraction of sp³-hybridized carbons (Fsp3) is 0.500. The number of hydrogen-bond acceptors (Lipinski definition) is 4. The number of ether oxygens (including phenoxy) is 1. The van der Waals surface area contributed by atoms with Gasteiger partial charge >= 0.3 is 5.97 Å². The van der Waals surface area contributed by atoms with Gasteiger partial charge < -0.3 is 9.72 Å². The molecule has 1 aliphatic rings. The molecule has 0 radical (unpaired) electrons. The number of H-pyrrole nitrogens is 1. The Morgan fingerprint density at radius 1 is 1.38 bits per heavy atom. The highest BCUT2D eigenvalue weighted by atomic mass is 32.1. The van der Waals surface area contributed by atoms with E-state index in [-0.39, 0.29) is 5.97 Å². The third-order valence-electron chi connectivity index (χ3n) is 3.89. The Bertz CT molecular complexity index is 695. The van der Waals surface area contributed by atoms with Crippen LogP contribution in [0.4, 0.5) is 0 Å². The minimum absolute atomic E-state index is 0.259. The molecule has 5 heteroatoms. The van der Waals surface area contributed by atoms with Gasteiger partial charge in [-0.3, -0.25) is 0 Å². The van der Waals surface area contributed by atoms with Gasteiger partial charge in [-0.1, -0.05) is 0 Å². The molecule has 112 valence electrons. The Morgan fingerprint density at radius 3 is 2.71 bits per heavy atom. The van der Waals surface area contributed by atoms with Crippen LogP contribution >= 0.6 is 11.3 Å². The van der Waals surface area contributed by atoms with Gasteiger partial charge in [-0.25, -0.2) is 9.78 Å². The molecule has 4 nitrogen and oxygen atoms in total. The fourth-order valence-electron chi connectivity index (χ4n) is 2.65. The summed E-state index contributed by atoms with van der Waals surface area (Å²) >= 11 is 1.77. The predicted molar refractivity (Wildman–Crippen MR) is 84.0 cm³/mol. The molecule has 2 aromatic heterocycles. The van der Waals surface area contributed by atoms with E-state index >= 15 is 0 Å². The molecule has 0 aromatic carbocycles. The van der Waals surface area contributed by atoms with Crippen molar-refractivity contribution in [1.82, 2.24) is 9.97 Å². The van der Waals surface area contributed by atoms with Gasteiger partial charge in [-0.15, -0.1) is 11.3 Å². The zero-order valence-electron chi connectivity index (χ0n) is 12.9. The zero-order chi connectivity index (χ0) is 15.1. The van der Waals surface area contributed by atoms with Crippen LogP contribution in [0.5, 0.6) is 0 Å². The van der Waals surface area contributed by atoms with Crippen LogP contribution in [0.1, 0.15) is 57.2 Å². The van der Waals surface area contributed by atoms with E-state index in [0.717, 1.165) is 22.6 Å². The predicted octanol–water partition coefficient (Wildman–Crippen LogP) is 4.12. The lowest BCUT2D eigenvalue weighted by Crippen LogP contribution is -2.06. The van der Waals surface area contributed by atoms with Crippen LogP contribution in [0, 0.1) is 20.8 Å². The average Bonchev–Trinajstić information content (AvgIpc) is 3.14. The molecule has 2 heterocycles. The van der Waals surface area contributed by atoms with Crippen LogP contribution in [0.15, 0.2) is 0 Å². The van der Waals surface area contributed by atoms with Crippen molar-refractivity contribution in [3.8, 4) is 11.4 Å². The molecule has 1 aliphatic carbocycles. The highest BCUT2D eigenvalue weighted by Gasteiger charge is 2.29. The number of nitrogens with one attached hydrogen (secondary N) is 1. The van der Waals surface area contributed by atoms with Crippen molar-refractivity contribution < 1.29 is 9.53 Å². The topological polar surface area (TPSA) is 55.0 Å². The van der Waals surface area contributed by atoms with Crippen molar-refractivity contribution in [2.24, 2.45) is 0 Å². The van der Waals surface area contributed by atoms with Gasteiger partial charge in [-0.2, -0.15) is 0 Å². The lowest BCUT2D eigenvalue weighted by Gasteiger charge is -2.02. The lowest BCUT2D eigenvalue weighted by atomic mass is 10.1. The number of carbonyl (C=O) groups excluding carboxylic acids is 1. The van der Waals surface area contributed by atoms with Gasteiger partial charge in [0, 0.05) is 16.5 Å². The van der Waals surface area contributed by atoms with Gasteiger partial charge in [0.2, 0.25) is 0 Å². The Labute approximate surface area is 128 Å². The molecule has 0 unspecified atom stereocenters. The minimum Gasteiger partial charge on any atom is -0.462 e.